The second kappa shape index (κ2) is 4.95. The predicted octanol–water partition coefficient (Wildman–Crippen LogP) is 1.78. The molecule has 0 bridgehead atoms. The summed E-state index contributed by atoms with van der Waals surface area (Å²) in [4.78, 5) is 0. The van der Waals surface area contributed by atoms with Gasteiger partial charge in [0.25, 0.3) is 0 Å². The van der Waals surface area contributed by atoms with Crippen molar-refractivity contribution in [2.24, 2.45) is 0 Å². The van der Waals surface area contributed by atoms with Gasteiger partial charge in [-0.15, -0.1) is 0 Å². The Balaban J connectivity index is 2.74. The lowest BCUT2D eigenvalue weighted by molar-refractivity contribution is 0.377. The molecule has 0 fully saturated rings. The number of furan rings is 1. The fraction of sp³-hybridized carbons (Fsp3) is 0.500. The number of rotatable bonds is 5. The first-order valence-electron chi connectivity index (χ1n) is 4.16. The van der Waals surface area contributed by atoms with E-state index in [1.807, 2.05) is 0 Å². The van der Waals surface area contributed by atoms with E-state index in [-0.39, 0.29) is 11.2 Å². The lowest BCUT2D eigenvalue weighted by Gasteiger charge is -2.17. The highest BCUT2D eigenvalue weighted by Gasteiger charge is 2.19. The second-order valence-corrected chi connectivity index (χ2v) is 6.00. The van der Waals surface area contributed by atoms with Gasteiger partial charge >= 0.3 is 0 Å². The van der Waals surface area contributed by atoms with Gasteiger partial charge in [0.1, 0.15) is 10.4 Å². The molecule has 0 unspecified atom stereocenters. The Labute approximate surface area is 92.1 Å². The molecule has 4 nitrogen and oxygen atoms in total. The molecule has 14 heavy (non-hydrogen) atoms. The molecule has 1 rings (SSSR count). The van der Waals surface area contributed by atoms with E-state index in [1.165, 1.54) is 10.6 Å². The summed E-state index contributed by atoms with van der Waals surface area (Å²) in [5, 5.41) is 0. The van der Waals surface area contributed by atoms with Crippen molar-refractivity contribution in [1.82, 2.24) is 4.31 Å². The van der Waals surface area contributed by atoms with Gasteiger partial charge in [0.15, 0.2) is 0 Å². The Morgan fingerprint density at radius 2 is 2.29 bits per heavy atom. The smallest absolute Gasteiger partial charge is 0.224 e. The zero-order valence-corrected chi connectivity index (χ0v) is 10.2. The van der Waals surface area contributed by atoms with E-state index in [1.54, 1.807) is 19.1 Å². The van der Waals surface area contributed by atoms with Crippen LogP contribution in [0.25, 0.3) is 0 Å². The molecule has 0 aromatic carbocycles. The number of hydrogen-bond donors (Lipinski definition) is 0. The molecule has 0 aliphatic carbocycles. The normalized spacial score (nSPS) is 12.2. The van der Waals surface area contributed by atoms with Crippen LogP contribution in [0.15, 0.2) is 22.8 Å². The molecule has 0 radical (unpaired) electrons. The largest absolute Gasteiger partial charge is 0.468 e. The minimum absolute atomic E-state index is 0.0610. The monoisotopic (exact) mass is 281 g/mol. The Morgan fingerprint density at radius 1 is 1.57 bits per heavy atom. The van der Waals surface area contributed by atoms with Gasteiger partial charge in [-0.1, -0.05) is 22.9 Å². The maximum atomic E-state index is 11.5. The summed E-state index contributed by atoms with van der Waals surface area (Å²) in [6, 6.07) is 3.50. The molecule has 0 aliphatic rings. The molecule has 0 saturated heterocycles. The van der Waals surface area contributed by atoms with Gasteiger partial charge in [0.2, 0.25) is 10.0 Å². The van der Waals surface area contributed by atoms with Crippen LogP contribution in [-0.2, 0) is 16.6 Å². The van der Waals surface area contributed by atoms with Crippen LogP contribution in [0.1, 0.15) is 12.7 Å². The van der Waals surface area contributed by atoms with E-state index < -0.39 is 10.0 Å². The molecule has 0 N–H and O–H groups in total. The van der Waals surface area contributed by atoms with E-state index >= 15 is 0 Å². The first-order chi connectivity index (χ1) is 6.60. The third-order valence-corrected chi connectivity index (χ3v) is 4.98. The Bertz CT molecular complexity index is 360. The van der Waals surface area contributed by atoms with Crippen molar-refractivity contribution in [3.8, 4) is 0 Å². The van der Waals surface area contributed by atoms with Crippen molar-refractivity contribution < 1.29 is 12.8 Å². The van der Waals surface area contributed by atoms with Crippen molar-refractivity contribution in [2.75, 3.05) is 11.2 Å². The summed E-state index contributed by atoms with van der Waals surface area (Å²) in [6.45, 7) is 2.52. The summed E-state index contributed by atoms with van der Waals surface area (Å²) in [5.74, 6) is 0.649. The van der Waals surface area contributed by atoms with Crippen molar-refractivity contribution in [1.29, 1.82) is 0 Å². The van der Waals surface area contributed by atoms with Crippen LogP contribution < -0.4 is 0 Å². The van der Waals surface area contributed by atoms with Crippen LogP contribution in [0.5, 0.6) is 0 Å². The molecule has 1 aromatic heterocycles. The highest BCUT2D eigenvalue weighted by atomic mass is 79.9. The highest BCUT2D eigenvalue weighted by molar-refractivity contribution is 9.10. The fourth-order valence-corrected chi connectivity index (χ4v) is 2.78. The van der Waals surface area contributed by atoms with E-state index in [0.717, 1.165) is 0 Å². The topological polar surface area (TPSA) is 50.5 Å². The molecule has 0 amide bonds. The number of hydrogen-bond acceptors (Lipinski definition) is 3. The van der Waals surface area contributed by atoms with Crippen LogP contribution >= 0.6 is 15.9 Å². The van der Waals surface area contributed by atoms with Crippen molar-refractivity contribution in [3.05, 3.63) is 24.2 Å². The van der Waals surface area contributed by atoms with Gasteiger partial charge in [0.05, 0.1) is 12.8 Å². The maximum absolute atomic E-state index is 11.5. The molecule has 0 aliphatic heterocycles. The van der Waals surface area contributed by atoms with Crippen LogP contribution in [0, 0.1) is 0 Å². The zero-order chi connectivity index (χ0) is 10.6. The minimum Gasteiger partial charge on any atom is -0.468 e. The van der Waals surface area contributed by atoms with Crippen molar-refractivity contribution in [2.45, 2.75) is 13.5 Å². The van der Waals surface area contributed by atoms with E-state index in [4.69, 9.17) is 4.42 Å². The predicted molar refractivity (Wildman–Crippen MR) is 57.5 cm³/mol. The average Bonchev–Trinajstić information content (AvgIpc) is 2.66. The Kier molecular flexibility index (Phi) is 4.15. The van der Waals surface area contributed by atoms with Gasteiger partial charge in [-0.25, -0.2) is 8.42 Å². The summed E-state index contributed by atoms with van der Waals surface area (Å²) in [6.07, 6.45) is 1.53. The number of nitrogens with zero attached hydrogens (tertiary/aromatic N) is 1. The summed E-state index contributed by atoms with van der Waals surface area (Å²) in [5.41, 5.74) is 0. The number of alkyl halides is 1. The average molecular weight is 282 g/mol. The molecule has 80 valence electrons. The van der Waals surface area contributed by atoms with Crippen LogP contribution in [0.3, 0.4) is 0 Å². The first kappa shape index (κ1) is 11.7. The molecule has 0 spiro atoms. The maximum Gasteiger partial charge on any atom is 0.224 e. The quantitative estimate of drug-likeness (QED) is 0.773. The lowest BCUT2D eigenvalue weighted by atomic mass is 10.4. The van der Waals surface area contributed by atoms with E-state index in [2.05, 4.69) is 15.9 Å². The highest BCUT2D eigenvalue weighted by Crippen LogP contribution is 2.11. The van der Waals surface area contributed by atoms with Gasteiger partial charge in [0, 0.05) is 6.54 Å². The van der Waals surface area contributed by atoms with Crippen LogP contribution in [0.2, 0.25) is 0 Å². The third kappa shape index (κ3) is 2.83. The van der Waals surface area contributed by atoms with Crippen molar-refractivity contribution in [3.63, 3.8) is 0 Å². The molecule has 1 aromatic rings. The third-order valence-electron chi connectivity index (χ3n) is 1.80. The lowest BCUT2D eigenvalue weighted by Crippen LogP contribution is -2.30. The molecule has 6 heteroatoms. The van der Waals surface area contributed by atoms with Crippen LogP contribution in [-0.4, -0.2) is 23.9 Å². The summed E-state index contributed by atoms with van der Waals surface area (Å²) >= 11 is 2.96. The van der Waals surface area contributed by atoms with Gasteiger partial charge in [-0.2, -0.15) is 4.31 Å². The second-order valence-electron chi connectivity index (χ2n) is 2.73. The zero-order valence-electron chi connectivity index (χ0n) is 7.81. The van der Waals surface area contributed by atoms with Crippen LogP contribution in [0.4, 0.5) is 0 Å². The number of halogens is 1. The van der Waals surface area contributed by atoms with Gasteiger partial charge < -0.3 is 4.42 Å². The standard InChI is InChI=1S/C8H12BrNO3S/c1-2-10(14(11,12)7-9)6-8-4-3-5-13-8/h3-5H,2,6-7H2,1H3. The fourth-order valence-electron chi connectivity index (χ4n) is 1.05. The van der Waals surface area contributed by atoms with E-state index in [9.17, 15) is 8.42 Å². The molecular formula is C8H12BrNO3S. The minimum atomic E-state index is -3.20. The molecular weight excluding hydrogens is 270 g/mol. The Morgan fingerprint density at radius 3 is 2.71 bits per heavy atom. The van der Waals surface area contributed by atoms with Gasteiger partial charge in [-0.05, 0) is 12.1 Å². The molecule has 1 heterocycles. The molecule has 0 saturated carbocycles. The molecule has 0 atom stereocenters. The summed E-state index contributed by atoms with van der Waals surface area (Å²) in [7, 11) is -3.20. The summed E-state index contributed by atoms with van der Waals surface area (Å²) < 4.78 is 29.4. The number of sulfonamides is 1. The van der Waals surface area contributed by atoms with Gasteiger partial charge in [-0.3, -0.25) is 0 Å². The first-order valence-corrected chi connectivity index (χ1v) is 6.89. The Hall–Kier alpha value is -0.330. The SMILES string of the molecule is CCN(Cc1ccco1)S(=O)(=O)CBr. The van der Waals surface area contributed by atoms with Crippen molar-refractivity contribution >= 4 is 26.0 Å². The van der Waals surface area contributed by atoms with E-state index in [0.29, 0.717) is 12.3 Å².